The highest BCUT2D eigenvalue weighted by atomic mass is 32.1. The first-order valence-electron chi connectivity index (χ1n) is 7.75. The van der Waals surface area contributed by atoms with Gasteiger partial charge in [0.15, 0.2) is 0 Å². The SMILES string of the molecule is CCC(N)C(c1ccc(C)s1)N(CC)C1CCCC1. The molecule has 2 atom stereocenters. The van der Waals surface area contributed by atoms with Crippen LogP contribution in [0.1, 0.15) is 61.7 Å². The molecule has 2 nitrogen and oxygen atoms in total. The van der Waals surface area contributed by atoms with Crippen LogP contribution in [-0.2, 0) is 0 Å². The highest BCUT2D eigenvalue weighted by Crippen LogP contribution is 2.35. The summed E-state index contributed by atoms with van der Waals surface area (Å²) in [7, 11) is 0. The molecule has 3 heteroatoms. The van der Waals surface area contributed by atoms with Crippen molar-refractivity contribution in [3.8, 4) is 0 Å². The molecule has 1 aliphatic rings. The molecule has 0 bridgehead atoms. The van der Waals surface area contributed by atoms with Gasteiger partial charge in [0.05, 0.1) is 6.04 Å². The van der Waals surface area contributed by atoms with Gasteiger partial charge in [-0.2, -0.15) is 0 Å². The lowest BCUT2D eigenvalue weighted by atomic mass is 10.00. The van der Waals surface area contributed by atoms with Crippen molar-refractivity contribution in [2.24, 2.45) is 5.73 Å². The van der Waals surface area contributed by atoms with Crippen LogP contribution in [0.15, 0.2) is 12.1 Å². The molecule has 1 aliphatic carbocycles. The lowest BCUT2D eigenvalue weighted by Crippen LogP contribution is -2.44. The number of likely N-dealkylation sites (N-methyl/N-ethyl adjacent to an activating group) is 1. The minimum Gasteiger partial charge on any atom is -0.326 e. The molecule has 0 radical (unpaired) electrons. The van der Waals surface area contributed by atoms with Gasteiger partial charge < -0.3 is 5.73 Å². The van der Waals surface area contributed by atoms with Crippen LogP contribution >= 0.6 is 11.3 Å². The van der Waals surface area contributed by atoms with Gasteiger partial charge in [-0.1, -0.05) is 26.7 Å². The van der Waals surface area contributed by atoms with Crippen LogP contribution in [0.2, 0.25) is 0 Å². The lowest BCUT2D eigenvalue weighted by Gasteiger charge is -2.38. The van der Waals surface area contributed by atoms with Crippen LogP contribution in [0.4, 0.5) is 0 Å². The third-order valence-electron chi connectivity index (χ3n) is 4.45. The first kappa shape index (κ1) is 15.0. The summed E-state index contributed by atoms with van der Waals surface area (Å²) >= 11 is 1.92. The molecule has 0 aliphatic heterocycles. The summed E-state index contributed by atoms with van der Waals surface area (Å²) in [5.41, 5.74) is 6.47. The Morgan fingerprint density at radius 3 is 2.47 bits per heavy atom. The predicted molar refractivity (Wildman–Crippen MR) is 84.7 cm³/mol. The third kappa shape index (κ3) is 3.39. The summed E-state index contributed by atoms with van der Waals surface area (Å²) in [5.74, 6) is 0. The number of nitrogens with zero attached hydrogens (tertiary/aromatic N) is 1. The van der Waals surface area contributed by atoms with Crippen LogP contribution < -0.4 is 5.73 Å². The Labute approximate surface area is 122 Å². The minimum absolute atomic E-state index is 0.249. The predicted octanol–water partition coefficient (Wildman–Crippen LogP) is 4.10. The second-order valence-corrected chi connectivity index (χ2v) is 7.05. The molecular formula is C16H28N2S. The normalized spacial score (nSPS) is 20.1. The van der Waals surface area contributed by atoms with Gasteiger partial charge in [-0.25, -0.2) is 0 Å². The second-order valence-electron chi connectivity index (χ2n) is 5.73. The van der Waals surface area contributed by atoms with E-state index in [1.54, 1.807) is 0 Å². The van der Waals surface area contributed by atoms with Gasteiger partial charge in [0.25, 0.3) is 0 Å². The van der Waals surface area contributed by atoms with E-state index in [4.69, 9.17) is 5.73 Å². The van der Waals surface area contributed by atoms with Crippen molar-refractivity contribution in [2.45, 2.75) is 71.0 Å². The van der Waals surface area contributed by atoms with Crippen LogP contribution in [-0.4, -0.2) is 23.5 Å². The van der Waals surface area contributed by atoms with Crippen molar-refractivity contribution < 1.29 is 0 Å². The molecule has 19 heavy (non-hydrogen) atoms. The highest BCUT2D eigenvalue weighted by Gasteiger charge is 2.32. The topological polar surface area (TPSA) is 29.3 Å². The van der Waals surface area contributed by atoms with Gasteiger partial charge in [-0.05, 0) is 44.9 Å². The van der Waals surface area contributed by atoms with Crippen LogP contribution in [0, 0.1) is 6.92 Å². The van der Waals surface area contributed by atoms with E-state index < -0.39 is 0 Å². The molecule has 2 rings (SSSR count). The molecule has 1 fully saturated rings. The molecule has 1 aromatic rings. The van der Waals surface area contributed by atoms with Gasteiger partial charge in [0.2, 0.25) is 0 Å². The van der Waals surface area contributed by atoms with E-state index in [0.29, 0.717) is 6.04 Å². The molecule has 2 N–H and O–H groups in total. The number of thiophene rings is 1. The van der Waals surface area contributed by atoms with Crippen LogP contribution in [0.5, 0.6) is 0 Å². The fourth-order valence-electron chi connectivity index (χ4n) is 3.37. The Morgan fingerprint density at radius 1 is 1.32 bits per heavy atom. The Hall–Kier alpha value is -0.380. The first-order chi connectivity index (χ1) is 9.17. The smallest absolute Gasteiger partial charge is 0.0595 e. The van der Waals surface area contributed by atoms with Crippen LogP contribution in [0.25, 0.3) is 0 Å². The Balaban J connectivity index is 2.24. The molecule has 1 saturated carbocycles. The molecule has 108 valence electrons. The quantitative estimate of drug-likeness (QED) is 0.850. The lowest BCUT2D eigenvalue weighted by molar-refractivity contribution is 0.124. The van der Waals surface area contributed by atoms with E-state index in [2.05, 4.69) is 37.8 Å². The number of hydrogen-bond donors (Lipinski definition) is 1. The summed E-state index contributed by atoms with van der Waals surface area (Å²) in [6.07, 6.45) is 6.53. The van der Waals surface area contributed by atoms with Gasteiger partial charge in [-0.3, -0.25) is 4.90 Å². The number of hydrogen-bond acceptors (Lipinski definition) is 3. The Morgan fingerprint density at radius 2 is 2.00 bits per heavy atom. The van der Waals surface area contributed by atoms with E-state index in [0.717, 1.165) is 19.0 Å². The Bertz CT molecular complexity index is 382. The average Bonchev–Trinajstić information content (AvgIpc) is 3.06. The van der Waals surface area contributed by atoms with Crippen LogP contribution in [0.3, 0.4) is 0 Å². The van der Waals surface area contributed by atoms with Crippen molar-refractivity contribution in [3.05, 3.63) is 21.9 Å². The maximum absolute atomic E-state index is 6.47. The summed E-state index contributed by atoms with van der Waals surface area (Å²) in [5, 5.41) is 0. The van der Waals surface area contributed by atoms with E-state index in [-0.39, 0.29) is 6.04 Å². The van der Waals surface area contributed by atoms with Crippen molar-refractivity contribution in [3.63, 3.8) is 0 Å². The fourth-order valence-corrected chi connectivity index (χ4v) is 4.45. The molecule has 2 unspecified atom stereocenters. The molecule has 1 aromatic heterocycles. The van der Waals surface area contributed by atoms with Crippen molar-refractivity contribution >= 4 is 11.3 Å². The number of aryl methyl sites for hydroxylation is 1. The molecule has 0 aromatic carbocycles. The van der Waals surface area contributed by atoms with Gasteiger partial charge in [0.1, 0.15) is 0 Å². The first-order valence-corrected chi connectivity index (χ1v) is 8.56. The fraction of sp³-hybridized carbons (Fsp3) is 0.750. The molecular weight excluding hydrogens is 252 g/mol. The highest BCUT2D eigenvalue weighted by molar-refractivity contribution is 7.12. The van der Waals surface area contributed by atoms with E-state index in [9.17, 15) is 0 Å². The average molecular weight is 280 g/mol. The number of rotatable bonds is 6. The van der Waals surface area contributed by atoms with Crippen molar-refractivity contribution in [1.82, 2.24) is 4.90 Å². The van der Waals surface area contributed by atoms with E-state index in [1.165, 1.54) is 35.4 Å². The third-order valence-corrected chi connectivity index (χ3v) is 5.52. The largest absolute Gasteiger partial charge is 0.326 e. The zero-order valence-electron chi connectivity index (χ0n) is 12.6. The summed E-state index contributed by atoms with van der Waals surface area (Å²) < 4.78 is 0. The number of nitrogens with two attached hydrogens (primary N) is 1. The van der Waals surface area contributed by atoms with E-state index >= 15 is 0 Å². The summed E-state index contributed by atoms with van der Waals surface area (Å²) in [6.45, 7) is 7.79. The zero-order chi connectivity index (χ0) is 13.8. The Kier molecular flexibility index (Phi) is 5.43. The maximum atomic E-state index is 6.47. The monoisotopic (exact) mass is 280 g/mol. The van der Waals surface area contributed by atoms with Crippen molar-refractivity contribution in [1.29, 1.82) is 0 Å². The molecule has 0 amide bonds. The summed E-state index contributed by atoms with van der Waals surface area (Å²) in [4.78, 5) is 5.53. The summed E-state index contributed by atoms with van der Waals surface area (Å²) in [6, 6.07) is 5.93. The van der Waals surface area contributed by atoms with Gasteiger partial charge in [0, 0.05) is 21.8 Å². The molecule has 0 saturated heterocycles. The second kappa shape index (κ2) is 6.87. The molecule has 0 spiro atoms. The van der Waals surface area contributed by atoms with Gasteiger partial charge >= 0.3 is 0 Å². The zero-order valence-corrected chi connectivity index (χ0v) is 13.4. The van der Waals surface area contributed by atoms with Gasteiger partial charge in [-0.15, -0.1) is 11.3 Å². The van der Waals surface area contributed by atoms with Crippen molar-refractivity contribution in [2.75, 3.05) is 6.54 Å². The van der Waals surface area contributed by atoms with E-state index in [1.807, 2.05) is 11.3 Å². The maximum Gasteiger partial charge on any atom is 0.0595 e. The minimum atomic E-state index is 0.249. The standard InChI is InChI=1S/C16H28N2S/c1-4-14(17)16(15-11-10-12(3)19-15)18(5-2)13-8-6-7-9-13/h10-11,13-14,16H,4-9,17H2,1-3H3. The molecule has 1 heterocycles.